The maximum atomic E-state index is 11.2. The van der Waals surface area contributed by atoms with Crippen molar-refractivity contribution in [1.29, 1.82) is 0 Å². The van der Waals surface area contributed by atoms with Crippen molar-refractivity contribution < 1.29 is 9.90 Å². The van der Waals surface area contributed by atoms with Crippen LogP contribution in [0.5, 0.6) is 0 Å². The molecular weight excluding hydrogens is 236 g/mol. The Kier molecular flexibility index (Phi) is 3.28. The number of aryl methyl sites for hydroxylation is 2. The van der Waals surface area contributed by atoms with Gasteiger partial charge in [0.25, 0.3) is 0 Å². The molecule has 0 atom stereocenters. The number of hydrogen-bond acceptors (Lipinski definition) is 3. The molecule has 2 heterocycles. The smallest absolute Gasteiger partial charge is 0.339 e. The number of rotatable bonds is 4. The highest BCUT2D eigenvalue weighted by atomic mass is 32.1. The van der Waals surface area contributed by atoms with E-state index in [2.05, 4.69) is 5.10 Å². The summed E-state index contributed by atoms with van der Waals surface area (Å²) in [5.41, 5.74) is 1.93. The molecule has 0 amide bonds. The minimum atomic E-state index is -0.921. The summed E-state index contributed by atoms with van der Waals surface area (Å²) in [6, 6.07) is 1.98. The Morgan fingerprint density at radius 1 is 1.59 bits per heavy atom. The molecule has 0 aliphatic heterocycles. The van der Waals surface area contributed by atoms with E-state index in [0.29, 0.717) is 5.69 Å². The van der Waals surface area contributed by atoms with Gasteiger partial charge in [0.05, 0.1) is 4.88 Å². The monoisotopic (exact) mass is 250 g/mol. The summed E-state index contributed by atoms with van der Waals surface area (Å²) < 4.78 is 1.71. The molecule has 0 saturated heterocycles. The Balaban J connectivity index is 2.52. The van der Waals surface area contributed by atoms with E-state index >= 15 is 0 Å². The molecular formula is C12H14N2O2S. The van der Waals surface area contributed by atoms with Crippen LogP contribution in [0.2, 0.25) is 0 Å². The zero-order chi connectivity index (χ0) is 12.4. The van der Waals surface area contributed by atoms with Gasteiger partial charge in [-0.05, 0) is 30.4 Å². The second-order valence-electron chi connectivity index (χ2n) is 3.89. The standard InChI is InChI=1S/C12H14N2O2S/c1-3-5-14-7-9(12(15)16)10(13-14)11-8(2)4-6-17-11/h4,6-7H,3,5H2,1-2H3,(H,15,16). The van der Waals surface area contributed by atoms with Crippen molar-refractivity contribution in [3.8, 4) is 10.6 Å². The number of aromatic carboxylic acids is 1. The summed E-state index contributed by atoms with van der Waals surface area (Å²) in [5, 5.41) is 15.5. The predicted octanol–water partition coefficient (Wildman–Crippen LogP) is 3.03. The van der Waals surface area contributed by atoms with Crippen molar-refractivity contribution in [1.82, 2.24) is 9.78 Å². The molecule has 90 valence electrons. The Hall–Kier alpha value is -1.62. The molecule has 0 aromatic carbocycles. The number of carboxylic acids is 1. The van der Waals surface area contributed by atoms with Gasteiger partial charge in [-0.2, -0.15) is 5.10 Å². The van der Waals surface area contributed by atoms with Gasteiger partial charge in [0, 0.05) is 12.7 Å². The average Bonchev–Trinajstić information content (AvgIpc) is 2.84. The molecule has 0 spiro atoms. The van der Waals surface area contributed by atoms with Crippen LogP contribution in [0.3, 0.4) is 0 Å². The second kappa shape index (κ2) is 4.71. The van der Waals surface area contributed by atoms with Gasteiger partial charge in [-0.15, -0.1) is 11.3 Å². The molecule has 0 bridgehead atoms. The van der Waals surface area contributed by atoms with Crippen molar-refractivity contribution >= 4 is 17.3 Å². The highest BCUT2D eigenvalue weighted by molar-refractivity contribution is 7.13. The van der Waals surface area contributed by atoms with Crippen LogP contribution in [-0.2, 0) is 6.54 Å². The SMILES string of the molecule is CCCn1cc(C(=O)O)c(-c2sccc2C)n1. The first-order valence-electron chi connectivity index (χ1n) is 5.48. The molecule has 2 aromatic heterocycles. The van der Waals surface area contributed by atoms with E-state index in [4.69, 9.17) is 0 Å². The van der Waals surface area contributed by atoms with Crippen molar-refractivity contribution in [2.75, 3.05) is 0 Å². The Morgan fingerprint density at radius 3 is 2.88 bits per heavy atom. The van der Waals surface area contributed by atoms with Gasteiger partial charge in [0.15, 0.2) is 0 Å². The van der Waals surface area contributed by atoms with Gasteiger partial charge in [0.2, 0.25) is 0 Å². The van der Waals surface area contributed by atoms with E-state index in [0.717, 1.165) is 23.4 Å². The topological polar surface area (TPSA) is 55.1 Å². The Labute approximate surface area is 104 Å². The fourth-order valence-electron chi connectivity index (χ4n) is 1.70. The van der Waals surface area contributed by atoms with Gasteiger partial charge < -0.3 is 5.11 Å². The van der Waals surface area contributed by atoms with E-state index in [1.54, 1.807) is 10.9 Å². The van der Waals surface area contributed by atoms with E-state index in [-0.39, 0.29) is 5.56 Å². The third-order valence-corrected chi connectivity index (χ3v) is 3.55. The summed E-state index contributed by atoms with van der Waals surface area (Å²) >= 11 is 1.53. The van der Waals surface area contributed by atoms with Crippen LogP contribution in [0.1, 0.15) is 29.3 Å². The summed E-state index contributed by atoms with van der Waals surface area (Å²) in [7, 11) is 0. The van der Waals surface area contributed by atoms with Gasteiger partial charge in [-0.1, -0.05) is 6.92 Å². The molecule has 17 heavy (non-hydrogen) atoms. The van der Waals surface area contributed by atoms with Crippen LogP contribution < -0.4 is 0 Å². The minimum Gasteiger partial charge on any atom is -0.478 e. The molecule has 0 aliphatic rings. The summed E-state index contributed by atoms with van der Waals surface area (Å²) in [4.78, 5) is 12.1. The predicted molar refractivity (Wildman–Crippen MR) is 67.5 cm³/mol. The number of nitrogens with zero attached hydrogens (tertiary/aromatic N) is 2. The van der Waals surface area contributed by atoms with Crippen LogP contribution in [0.15, 0.2) is 17.6 Å². The maximum Gasteiger partial charge on any atom is 0.339 e. The largest absolute Gasteiger partial charge is 0.478 e. The summed E-state index contributed by atoms with van der Waals surface area (Å²) in [5.74, 6) is -0.921. The summed E-state index contributed by atoms with van der Waals surface area (Å²) in [6.45, 7) is 4.75. The maximum absolute atomic E-state index is 11.2. The first kappa shape index (κ1) is 11.9. The fourth-order valence-corrected chi connectivity index (χ4v) is 2.63. The molecule has 4 nitrogen and oxygen atoms in total. The number of hydrogen-bond donors (Lipinski definition) is 1. The lowest BCUT2D eigenvalue weighted by Gasteiger charge is -1.97. The molecule has 1 N–H and O–H groups in total. The quantitative estimate of drug-likeness (QED) is 0.907. The lowest BCUT2D eigenvalue weighted by molar-refractivity contribution is 0.0697. The van der Waals surface area contributed by atoms with Gasteiger partial charge in [0.1, 0.15) is 11.3 Å². The molecule has 0 unspecified atom stereocenters. The first-order chi connectivity index (χ1) is 8.13. The third kappa shape index (κ3) is 2.24. The van der Waals surface area contributed by atoms with Crippen molar-refractivity contribution in [3.05, 3.63) is 28.8 Å². The van der Waals surface area contributed by atoms with Crippen LogP contribution in [0.4, 0.5) is 0 Å². The van der Waals surface area contributed by atoms with E-state index in [9.17, 15) is 9.90 Å². The van der Waals surface area contributed by atoms with Crippen molar-refractivity contribution in [2.24, 2.45) is 0 Å². The highest BCUT2D eigenvalue weighted by Crippen LogP contribution is 2.30. The molecule has 2 rings (SSSR count). The average molecular weight is 250 g/mol. The van der Waals surface area contributed by atoms with Crippen LogP contribution >= 0.6 is 11.3 Å². The lowest BCUT2D eigenvalue weighted by atomic mass is 10.2. The van der Waals surface area contributed by atoms with Crippen molar-refractivity contribution in [2.45, 2.75) is 26.8 Å². The Morgan fingerprint density at radius 2 is 2.35 bits per heavy atom. The fraction of sp³-hybridized carbons (Fsp3) is 0.333. The molecule has 5 heteroatoms. The van der Waals surface area contributed by atoms with E-state index in [1.165, 1.54) is 11.3 Å². The molecule has 0 saturated carbocycles. The number of carbonyl (C=O) groups is 1. The van der Waals surface area contributed by atoms with Crippen molar-refractivity contribution in [3.63, 3.8) is 0 Å². The zero-order valence-electron chi connectivity index (χ0n) is 9.80. The normalized spacial score (nSPS) is 10.7. The van der Waals surface area contributed by atoms with Gasteiger partial charge in [-0.3, -0.25) is 4.68 Å². The summed E-state index contributed by atoms with van der Waals surface area (Å²) in [6.07, 6.45) is 2.55. The molecule has 2 aromatic rings. The number of carboxylic acid groups (broad SMARTS) is 1. The zero-order valence-corrected chi connectivity index (χ0v) is 10.6. The van der Waals surface area contributed by atoms with E-state index in [1.807, 2.05) is 25.3 Å². The van der Waals surface area contributed by atoms with Crippen LogP contribution in [0.25, 0.3) is 10.6 Å². The van der Waals surface area contributed by atoms with Crippen LogP contribution in [-0.4, -0.2) is 20.9 Å². The first-order valence-corrected chi connectivity index (χ1v) is 6.36. The van der Waals surface area contributed by atoms with Gasteiger partial charge >= 0.3 is 5.97 Å². The van der Waals surface area contributed by atoms with E-state index < -0.39 is 5.97 Å². The number of aromatic nitrogens is 2. The van der Waals surface area contributed by atoms with Crippen LogP contribution in [0, 0.1) is 6.92 Å². The lowest BCUT2D eigenvalue weighted by Crippen LogP contribution is -1.97. The minimum absolute atomic E-state index is 0.281. The Bertz CT molecular complexity index is 542. The molecule has 0 fully saturated rings. The number of thiophene rings is 1. The third-order valence-electron chi connectivity index (χ3n) is 2.52. The molecule has 0 aliphatic carbocycles. The highest BCUT2D eigenvalue weighted by Gasteiger charge is 2.19. The molecule has 0 radical (unpaired) electrons. The second-order valence-corrected chi connectivity index (χ2v) is 4.81. The van der Waals surface area contributed by atoms with Gasteiger partial charge in [-0.25, -0.2) is 4.79 Å².